The van der Waals surface area contributed by atoms with Gasteiger partial charge in [-0.05, 0) is 43.7 Å². The summed E-state index contributed by atoms with van der Waals surface area (Å²) in [5.41, 5.74) is 4.15. The standard InChI is InChI=1S/C20H23N5O.C3H5Cl.C2H6/c1-4-19(26-3)13(2)12-25-17-8-6-5-7-15(17)16-11-14(9-10-18(16)25)20(21)23-24-22;1-3(2)4;1-2/h5-11H,4,12H2,1-3H3,(H3,21,22,23);1H2,2H3;1-2H3/b19-13-;;. The number of rotatable bonds is 5. The van der Waals surface area contributed by atoms with Gasteiger partial charge in [-0.2, -0.15) is 0 Å². The van der Waals surface area contributed by atoms with Gasteiger partial charge in [0.2, 0.25) is 0 Å². The van der Waals surface area contributed by atoms with Crippen molar-refractivity contribution >= 4 is 39.2 Å². The molecular formula is C25H34ClN5O. The first-order valence-electron chi connectivity index (χ1n) is 10.6. The van der Waals surface area contributed by atoms with Crippen LogP contribution in [-0.4, -0.2) is 17.5 Å². The molecule has 0 atom stereocenters. The maximum Gasteiger partial charge on any atom is 0.176 e. The Balaban J connectivity index is 0.000000769. The van der Waals surface area contributed by atoms with Crippen molar-refractivity contribution in [2.45, 2.75) is 47.6 Å². The van der Waals surface area contributed by atoms with Crippen LogP contribution in [0.4, 0.5) is 0 Å². The molecule has 3 aromatic rings. The van der Waals surface area contributed by atoms with Gasteiger partial charge in [0.05, 0.1) is 12.9 Å². The van der Waals surface area contributed by atoms with Crippen molar-refractivity contribution in [2.24, 2.45) is 16.2 Å². The molecule has 0 saturated carbocycles. The molecule has 0 aliphatic carbocycles. The van der Waals surface area contributed by atoms with E-state index in [2.05, 4.69) is 47.5 Å². The number of para-hydroxylation sites is 1. The number of amidine groups is 1. The van der Waals surface area contributed by atoms with E-state index in [0.717, 1.165) is 40.5 Å². The smallest absolute Gasteiger partial charge is 0.176 e. The molecule has 0 spiro atoms. The number of ether oxygens (including phenoxy) is 1. The van der Waals surface area contributed by atoms with Crippen LogP contribution in [0.2, 0.25) is 0 Å². The lowest BCUT2D eigenvalue weighted by molar-refractivity contribution is 0.274. The van der Waals surface area contributed by atoms with Crippen molar-refractivity contribution in [3.8, 4) is 0 Å². The fraction of sp³-hybridized carbons (Fsp3) is 0.320. The van der Waals surface area contributed by atoms with Crippen LogP contribution in [0.25, 0.3) is 21.8 Å². The topological polar surface area (TPSA) is 88.8 Å². The third-order valence-electron chi connectivity index (χ3n) is 4.64. The van der Waals surface area contributed by atoms with Crippen LogP contribution in [0.3, 0.4) is 0 Å². The molecule has 0 aliphatic heterocycles. The quantitative estimate of drug-likeness (QED) is 0.104. The summed E-state index contributed by atoms with van der Waals surface area (Å²) in [6.07, 6.45) is 0.866. The third kappa shape index (κ3) is 6.69. The van der Waals surface area contributed by atoms with Crippen LogP contribution in [0.15, 0.2) is 75.7 Å². The summed E-state index contributed by atoms with van der Waals surface area (Å²) < 4.78 is 7.80. The molecule has 0 saturated heterocycles. The minimum atomic E-state index is 0.0509. The molecule has 1 heterocycles. The van der Waals surface area contributed by atoms with Crippen LogP contribution in [0, 0.1) is 5.41 Å². The Hall–Kier alpha value is -3.12. The number of nitrogens with zero attached hydrogens (tertiary/aromatic N) is 3. The summed E-state index contributed by atoms with van der Waals surface area (Å²) in [7, 11) is 1.72. The summed E-state index contributed by atoms with van der Waals surface area (Å²) in [5.74, 6) is 6.14. The van der Waals surface area contributed by atoms with Crippen molar-refractivity contribution in [1.29, 1.82) is 5.41 Å². The molecule has 172 valence electrons. The van der Waals surface area contributed by atoms with E-state index in [1.165, 1.54) is 5.57 Å². The van der Waals surface area contributed by atoms with E-state index in [1.54, 1.807) is 14.0 Å². The second-order valence-corrected chi connectivity index (χ2v) is 7.48. The van der Waals surface area contributed by atoms with E-state index in [1.807, 2.05) is 44.2 Å². The van der Waals surface area contributed by atoms with E-state index in [9.17, 15) is 0 Å². The number of halogens is 1. The number of aromatic nitrogens is 1. The Morgan fingerprint density at radius 1 is 1.12 bits per heavy atom. The zero-order valence-electron chi connectivity index (χ0n) is 19.9. The number of nitrogens with one attached hydrogen (secondary N) is 1. The first-order valence-corrected chi connectivity index (χ1v) is 11.0. The summed E-state index contributed by atoms with van der Waals surface area (Å²) >= 11 is 5.08. The zero-order chi connectivity index (χ0) is 24.3. The SMILES string of the molecule is C=C(C)Cl.CC.CC/C(OC)=C(\C)Cn1c2ccccc2c2cc(C(=N)N=NN)ccc21. The van der Waals surface area contributed by atoms with Crippen LogP contribution in [0.5, 0.6) is 0 Å². The lowest BCUT2D eigenvalue weighted by Gasteiger charge is -2.12. The van der Waals surface area contributed by atoms with Gasteiger partial charge < -0.3 is 15.1 Å². The van der Waals surface area contributed by atoms with Gasteiger partial charge in [0.15, 0.2) is 5.84 Å². The number of allylic oxidation sites excluding steroid dienone is 3. The van der Waals surface area contributed by atoms with Gasteiger partial charge in [-0.25, -0.2) is 0 Å². The minimum absolute atomic E-state index is 0.0509. The summed E-state index contributed by atoms with van der Waals surface area (Å²) in [6, 6.07) is 14.2. The van der Waals surface area contributed by atoms with Gasteiger partial charge in [-0.15, -0.1) is 5.11 Å². The first kappa shape index (κ1) is 26.9. The van der Waals surface area contributed by atoms with Crippen LogP contribution >= 0.6 is 11.6 Å². The lowest BCUT2D eigenvalue weighted by atomic mass is 10.1. The van der Waals surface area contributed by atoms with Crippen LogP contribution in [-0.2, 0) is 11.3 Å². The second-order valence-electron chi connectivity index (χ2n) is 6.84. The van der Waals surface area contributed by atoms with E-state index in [4.69, 9.17) is 27.6 Å². The minimum Gasteiger partial charge on any atom is -0.501 e. The Labute approximate surface area is 195 Å². The fourth-order valence-corrected chi connectivity index (χ4v) is 3.43. The maximum atomic E-state index is 7.97. The Morgan fingerprint density at radius 2 is 1.72 bits per heavy atom. The molecule has 0 bridgehead atoms. The van der Waals surface area contributed by atoms with Crippen molar-refractivity contribution in [2.75, 3.05) is 7.11 Å². The van der Waals surface area contributed by atoms with Gasteiger partial charge >= 0.3 is 0 Å². The second kappa shape index (κ2) is 13.3. The van der Waals surface area contributed by atoms with Crippen molar-refractivity contribution in [1.82, 2.24) is 4.57 Å². The highest BCUT2D eigenvalue weighted by Crippen LogP contribution is 2.31. The third-order valence-corrected chi connectivity index (χ3v) is 4.64. The van der Waals surface area contributed by atoms with Crippen molar-refractivity contribution in [3.63, 3.8) is 0 Å². The van der Waals surface area contributed by atoms with Crippen molar-refractivity contribution in [3.05, 3.63) is 71.0 Å². The average Bonchev–Trinajstić information content (AvgIpc) is 3.09. The van der Waals surface area contributed by atoms with E-state index in [-0.39, 0.29) is 5.84 Å². The van der Waals surface area contributed by atoms with E-state index >= 15 is 0 Å². The molecule has 0 unspecified atom stereocenters. The summed E-state index contributed by atoms with van der Waals surface area (Å²) in [4.78, 5) is 0. The Kier molecular flexibility index (Phi) is 11.2. The number of methoxy groups -OCH3 is 1. The summed E-state index contributed by atoms with van der Waals surface area (Å²) in [5, 5.41) is 17.7. The predicted molar refractivity (Wildman–Crippen MR) is 137 cm³/mol. The van der Waals surface area contributed by atoms with Crippen LogP contribution in [0.1, 0.15) is 46.6 Å². The molecule has 0 amide bonds. The predicted octanol–water partition coefficient (Wildman–Crippen LogP) is 7.56. The molecule has 0 aliphatic rings. The largest absolute Gasteiger partial charge is 0.501 e. The van der Waals surface area contributed by atoms with Crippen molar-refractivity contribution < 1.29 is 4.74 Å². The molecule has 0 fully saturated rings. The molecule has 6 nitrogen and oxygen atoms in total. The number of benzene rings is 2. The first-order chi connectivity index (χ1) is 15.3. The molecule has 7 heteroatoms. The molecular weight excluding hydrogens is 422 g/mol. The highest BCUT2D eigenvalue weighted by molar-refractivity contribution is 6.28. The molecule has 0 radical (unpaired) electrons. The number of hydrogen-bond donors (Lipinski definition) is 2. The normalized spacial score (nSPS) is 11.3. The monoisotopic (exact) mass is 455 g/mol. The number of nitrogens with two attached hydrogens (primary N) is 1. The number of fused-ring (bicyclic) bond motifs is 3. The van der Waals surface area contributed by atoms with Gasteiger partial charge in [0.25, 0.3) is 0 Å². The van der Waals surface area contributed by atoms with Gasteiger partial charge in [0.1, 0.15) is 0 Å². The highest BCUT2D eigenvalue weighted by atomic mass is 35.5. The zero-order valence-corrected chi connectivity index (χ0v) is 20.6. The molecule has 3 rings (SSSR count). The van der Waals surface area contributed by atoms with E-state index < -0.39 is 0 Å². The molecule has 3 N–H and O–H groups in total. The Morgan fingerprint density at radius 3 is 2.28 bits per heavy atom. The fourth-order valence-electron chi connectivity index (χ4n) is 3.43. The summed E-state index contributed by atoms with van der Waals surface area (Å²) in [6.45, 7) is 14.0. The highest BCUT2D eigenvalue weighted by Gasteiger charge is 2.13. The average molecular weight is 456 g/mol. The molecule has 2 aromatic carbocycles. The molecule has 32 heavy (non-hydrogen) atoms. The van der Waals surface area contributed by atoms with Crippen LogP contribution < -0.4 is 5.84 Å². The van der Waals surface area contributed by atoms with Gasteiger partial charge in [-0.1, -0.05) is 62.4 Å². The Bertz CT molecular complexity index is 1120. The van der Waals surface area contributed by atoms with E-state index in [0.29, 0.717) is 10.6 Å². The lowest BCUT2D eigenvalue weighted by Crippen LogP contribution is -2.03. The molecule has 1 aromatic heterocycles. The van der Waals surface area contributed by atoms with Gasteiger partial charge in [-0.3, -0.25) is 5.41 Å². The van der Waals surface area contributed by atoms with Gasteiger partial charge in [0, 0.05) is 45.4 Å². The maximum absolute atomic E-state index is 7.97. The number of hydrogen-bond acceptors (Lipinski definition) is 3.